The number of phenolic OH excluding ortho intramolecular Hbond substituents is 1. The van der Waals surface area contributed by atoms with E-state index in [2.05, 4.69) is 38.8 Å². The molecule has 10 atom stereocenters. The first-order chi connectivity index (χ1) is 41.1. The van der Waals surface area contributed by atoms with Gasteiger partial charge in [0.25, 0.3) is 0 Å². The molecule has 0 saturated carbocycles. The minimum absolute atomic E-state index is 0.0335. The van der Waals surface area contributed by atoms with Crippen molar-refractivity contribution >= 4 is 94.1 Å². The molecule has 2 aromatic rings. The van der Waals surface area contributed by atoms with E-state index < -0.39 is 137 Å². The highest BCUT2D eigenvalue weighted by atomic mass is 35.6. The van der Waals surface area contributed by atoms with Gasteiger partial charge in [-0.1, -0.05) is 98.8 Å². The van der Waals surface area contributed by atoms with Gasteiger partial charge in [-0.15, -0.1) is 0 Å². The van der Waals surface area contributed by atoms with E-state index in [9.17, 15) is 43.5 Å². The zero-order valence-corrected chi connectivity index (χ0v) is 52.9. The second-order valence-corrected chi connectivity index (χ2v) is 24.2. The number of carbonyl (C=O) groups is 10. The summed E-state index contributed by atoms with van der Waals surface area (Å²) in [6.07, 6.45) is 1.98. The van der Waals surface area contributed by atoms with Gasteiger partial charge in [-0.05, 0) is 94.9 Å². The van der Waals surface area contributed by atoms with Crippen molar-refractivity contribution in [2.75, 3.05) is 39.9 Å². The standard InChI is InChI=1S/C59H85Cl3N8O17/c1-9-10-11-12-13-14-15-18-26-64-27-24-48(76)67-43(19-16-17-25-63)56(80)70(8)50-40-21-23-46(42(30-40)41-28-39(20-22-45(41)75)29-44(54(78)65-33(2)35(4)71)68-53(77)34(3)66-55(50)79)86-57-49(69-58(81)83-32-59(60,61)62)52(85-38(7)74)51(84-37(6)73)47(87-57)31-82-36(5)72/h20-23,28,30,33-34,43-44,47,49-52,57,64,75H,9-19,24-27,29,31-32,63H2,1-8H3,(H,65,78)(H,66,79)(H,67,76)(H,68,77)(H,69,81)/t33-,34-,43-,44-,47+,49+,50-,51+,52+,57?/m0/s1. The first kappa shape index (κ1) is 73.0. The quantitative estimate of drug-likeness (QED) is 0.0222. The molecular weight excluding hydrogens is 1200 g/mol. The third-order valence-electron chi connectivity index (χ3n) is 14.4. The molecule has 25 nitrogen and oxygen atoms in total. The highest BCUT2D eigenvalue weighted by Crippen LogP contribution is 2.41. The smallest absolute Gasteiger partial charge is 0.407 e. The number of alkyl carbamates (subject to hydrolysis) is 1. The Hall–Kier alpha value is -6.51. The van der Waals surface area contributed by atoms with Gasteiger partial charge in [0.05, 0.1) is 6.04 Å². The van der Waals surface area contributed by atoms with E-state index in [0.717, 1.165) is 44.9 Å². The molecule has 28 heteroatoms. The summed E-state index contributed by atoms with van der Waals surface area (Å²) >= 11 is 17.7. The van der Waals surface area contributed by atoms with E-state index in [-0.39, 0.29) is 54.0 Å². The van der Waals surface area contributed by atoms with Gasteiger partial charge in [0, 0.05) is 58.3 Å². The maximum atomic E-state index is 15.0. The zero-order chi connectivity index (χ0) is 64.5. The molecule has 0 aromatic heterocycles. The Labute approximate surface area is 522 Å². The highest BCUT2D eigenvalue weighted by Gasteiger charge is 2.53. The third kappa shape index (κ3) is 24.2. The van der Waals surface area contributed by atoms with Crippen molar-refractivity contribution in [3.8, 4) is 22.6 Å². The zero-order valence-electron chi connectivity index (χ0n) is 50.6. The summed E-state index contributed by atoms with van der Waals surface area (Å²) < 4.78 is 32.6. The fraction of sp³-hybridized carbons (Fsp3) is 0.627. The molecule has 2 aliphatic heterocycles. The van der Waals surface area contributed by atoms with Crippen LogP contribution in [0.25, 0.3) is 11.1 Å². The lowest BCUT2D eigenvalue weighted by molar-refractivity contribution is -0.256. The lowest BCUT2D eigenvalue weighted by Crippen LogP contribution is -2.67. The summed E-state index contributed by atoms with van der Waals surface area (Å²) in [5.74, 6) is -7.36. The van der Waals surface area contributed by atoms with Crippen LogP contribution >= 0.6 is 34.8 Å². The maximum absolute atomic E-state index is 15.0. The van der Waals surface area contributed by atoms with Crippen LogP contribution in [0.4, 0.5) is 4.79 Å². The number of Topliss-reactive ketones (excluding diaryl/α,β-unsaturated/α-hetero) is 1. The molecule has 2 aromatic carbocycles. The number of ether oxygens (including phenoxy) is 6. The number of alkyl halides is 3. The number of amides is 6. The molecule has 0 aliphatic carbocycles. The molecule has 1 fully saturated rings. The number of aromatic hydroxyl groups is 1. The lowest BCUT2D eigenvalue weighted by Gasteiger charge is -2.44. The normalized spacial score (nSPS) is 21.0. The van der Waals surface area contributed by atoms with E-state index in [1.807, 2.05) is 0 Å². The Balaban J connectivity index is 1.92. The SMILES string of the molecule is CCCCCCCCCCNCCC(=O)N[C@@H](CCCCN)C(=O)N(C)[C@@H]1C(=O)N[C@@H](C)C(=O)N[C@H](C(=O)N[C@@H](C)C(C)=O)Cc2ccc(O)c(c2)-c2cc1ccc2OC1O[C@H](COC(C)=O)[C@@H](OC(C)=O)[C@H](OC(C)=O)[C@H]1NC(=O)OCC(Cl)(Cl)Cl. The number of unbranched alkanes of at least 4 members (excludes halogenated alkanes) is 8. The molecule has 2 heterocycles. The van der Waals surface area contributed by atoms with Crippen LogP contribution < -0.4 is 42.4 Å². The number of hydrogen-bond donors (Lipinski definition) is 8. The average Bonchev–Trinajstić information content (AvgIpc) is 1.55. The number of nitrogens with zero attached hydrogens (tertiary/aromatic N) is 1. The Kier molecular flexibility index (Phi) is 30.3. The summed E-state index contributed by atoms with van der Waals surface area (Å²) in [6.45, 7) is 9.31. The Bertz CT molecular complexity index is 2700. The van der Waals surface area contributed by atoms with Crippen molar-refractivity contribution in [2.45, 2.75) is 197 Å². The number of likely N-dealkylation sites (N-methyl/N-ethyl adjacent to an activating group) is 1. The summed E-state index contributed by atoms with van der Waals surface area (Å²) in [5.41, 5.74) is 6.11. The predicted molar refractivity (Wildman–Crippen MR) is 321 cm³/mol. The van der Waals surface area contributed by atoms with Crippen LogP contribution in [0.1, 0.15) is 143 Å². The Morgan fingerprint density at radius 2 is 1.47 bits per heavy atom. The number of rotatable bonds is 30. The van der Waals surface area contributed by atoms with Gasteiger partial charge in [0.2, 0.25) is 39.6 Å². The molecule has 0 spiro atoms. The summed E-state index contributed by atoms with van der Waals surface area (Å²) in [7, 11) is 1.33. The molecule has 9 N–H and O–H groups in total. The molecule has 2 aliphatic rings. The Morgan fingerprint density at radius 3 is 2.10 bits per heavy atom. The number of ketones is 1. The molecule has 87 heavy (non-hydrogen) atoms. The average molecular weight is 1280 g/mol. The number of nitrogens with two attached hydrogens (primary N) is 1. The number of benzene rings is 2. The second-order valence-electron chi connectivity index (χ2n) is 21.6. The van der Waals surface area contributed by atoms with Crippen molar-refractivity contribution in [2.24, 2.45) is 5.73 Å². The van der Waals surface area contributed by atoms with Crippen LogP contribution in [0.15, 0.2) is 36.4 Å². The number of halogens is 3. The van der Waals surface area contributed by atoms with Crippen LogP contribution in [0.3, 0.4) is 0 Å². The van der Waals surface area contributed by atoms with E-state index >= 15 is 9.59 Å². The maximum Gasteiger partial charge on any atom is 0.407 e. The van der Waals surface area contributed by atoms with Crippen LogP contribution in [0, 0.1) is 0 Å². The van der Waals surface area contributed by atoms with Gasteiger partial charge in [-0.2, -0.15) is 0 Å². The van der Waals surface area contributed by atoms with Crippen LogP contribution in [-0.2, 0) is 73.3 Å². The molecule has 1 unspecified atom stereocenters. The predicted octanol–water partition coefficient (Wildman–Crippen LogP) is 4.93. The molecule has 1 saturated heterocycles. The fourth-order valence-electron chi connectivity index (χ4n) is 9.73. The van der Waals surface area contributed by atoms with Gasteiger partial charge in [0.15, 0.2) is 18.0 Å². The van der Waals surface area contributed by atoms with Crippen molar-refractivity contribution < 1.29 is 81.5 Å². The van der Waals surface area contributed by atoms with Crippen LogP contribution in [0.5, 0.6) is 11.5 Å². The summed E-state index contributed by atoms with van der Waals surface area (Å²) in [5, 5.41) is 28.4. The lowest BCUT2D eigenvalue weighted by atomic mass is 9.93. The molecule has 0 radical (unpaired) electrons. The van der Waals surface area contributed by atoms with E-state index in [1.54, 1.807) is 0 Å². The van der Waals surface area contributed by atoms with Gasteiger partial charge in [-0.25, -0.2) is 4.79 Å². The second kappa shape index (κ2) is 36.1. The highest BCUT2D eigenvalue weighted by molar-refractivity contribution is 6.67. The van der Waals surface area contributed by atoms with Crippen molar-refractivity contribution in [3.05, 3.63) is 47.5 Å². The number of carbonyl (C=O) groups excluding carboxylic acids is 10. The largest absolute Gasteiger partial charge is 0.507 e. The van der Waals surface area contributed by atoms with Gasteiger partial charge in [-0.3, -0.25) is 43.2 Å². The minimum atomic E-state index is -2.11. The van der Waals surface area contributed by atoms with Crippen LogP contribution in [-0.4, -0.2) is 168 Å². The van der Waals surface area contributed by atoms with E-state index in [1.165, 1.54) is 96.3 Å². The number of esters is 3. The molecular formula is C59H85Cl3N8O17. The number of nitrogens with one attached hydrogen (secondary N) is 6. The van der Waals surface area contributed by atoms with Crippen molar-refractivity contribution in [3.63, 3.8) is 0 Å². The van der Waals surface area contributed by atoms with E-state index in [0.29, 0.717) is 31.5 Å². The number of phenols is 1. The van der Waals surface area contributed by atoms with E-state index in [4.69, 9.17) is 69.0 Å². The Morgan fingerprint density at radius 1 is 0.805 bits per heavy atom. The van der Waals surface area contributed by atoms with Gasteiger partial charge >= 0.3 is 24.0 Å². The minimum Gasteiger partial charge on any atom is -0.507 e. The first-order valence-corrected chi connectivity index (χ1v) is 30.4. The molecule has 4 bridgehead atoms. The van der Waals surface area contributed by atoms with Crippen molar-refractivity contribution in [1.29, 1.82) is 0 Å². The molecule has 484 valence electrons. The van der Waals surface area contributed by atoms with Crippen LogP contribution in [0.2, 0.25) is 0 Å². The fourth-order valence-corrected chi connectivity index (χ4v) is 9.89. The molecule has 4 rings (SSSR count). The molecule has 6 amide bonds. The number of fused-ring (bicyclic) bond motifs is 5. The third-order valence-corrected chi connectivity index (χ3v) is 14.7. The van der Waals surface area contributed by atoms with Gasteiger partial charge in [0.1, 0.15) is 61.0 Å². The van der Waals surface area contributed by atoms with Gasteiger partial charge < -0.3 is 76.1 Å². The summed E-state index contributed by atoms with van der Waals surface area (Å²) in [4.78, 5) is 137. The number of hydrogen-bond acceptors (Lipinski definition) is 19. The topological polar surface area (TPSA) is 348 Å². The van der Waals surface area contributed by atoms with Crippen molar-refractivity contribution in [1.82, 2.24) is 36.8 Å². The summed E-state index contributed by atoms with van der Waals surface area (Å²) in [6, 6.07) is -0.0310. The first-order valence-electron chi connectivity index (χ1n) is 29.3. The monoisotopic (exact) mass is 1280 g/mol.